The molecule has 1 aliphatic heterocycles. The summed E-state index contributed by atoms with van der Waals surface area (Å²) in [5.74, 6) is 1.68. The zero-order chi connectivity index (χ0) is 12.9. The third kappa shape index (κ3) is 1.69. The zero-order valence-electron chi connectivity index (χ0n) is 10.5. The van der Waals surface area contributed by atoms with E-state index in [1.165, 1.54) is 0 Å². The van der Waals surface area contributed by atoms with Gasteiger partial charge in [0, 0.05) is 5.92 Å². The fourth-order valence-corrected chi connectivity index (χ4v) is 2.58. The summed E-state index contributed by atoms with van der Waals surface area (Å²) in [6.45, 7) is 0.968. The average Bonchev–Trinajstić information content (AvgIpc) is 3.16. The van der Waals surface area contributed by atoms with Gasteiger partial charge < -0.3 is 15.0 Å². The van der Waals surface area contributed by atoms with Crippen LogP contribution >= 0.6 is 0 Å². The largest absolute Gasteiger partial charge is 0.374 e. The Hall–Kier alpha value is -1.72. The van der Waals surface area contributed by atoms with E-state index in [0.29, 0.717) is 30.8 Å². The van der Waals surface area contributed by atoms with Crippen LogP contribution in [0, 0.1) is 0 Å². The van der Waals surface area contributed by atoms with Crippen molar-refractivity contribution >= 4 is 0 Å². The Morgan fingerprint density at radius 2 is 2.11 bits per heavy atom. The minimum Gasteiger partial charge on any atom is -0.374 e. The van der Waals surface area contributed by atoms with E-state index in [2.05, 4.69) is 10.1 Å². The van der Waals surface area contributed by atoms with E-state index < -0.39 is 5.54 Å². The fourth-order valence-electron chi connectivity index (χ4n) is 2.58. The maximum atomic E-state index is 6.52. The Kier molecular flexibility index (Phi) is 2.28. The van der Waals surface area contributed by atoms with E-state index >= 15 is 0 Å². The van der Waals surface area contributed by atoms with Crippen molar-refractivity contribution in [2.45, 2.75) is 30.9 Å². The zero-order valence-corrected chi connectivity index (χ0v) is 10.5. The first-order valence-electron chi connectivity index (χ1n) is 6.56. The molecule has 0 spiro atoms. The molecule has 1 fully saturated rings. The molecule has 98 valence electrons. The highest BCUT2D eigenvalue weighted by Gasteiger charge is 2.41. The molecule has 1 aromatic heterocycles. The first-order chi connectivity index (χ1) is 9.27. The number of ether oxygens (including phenoxy) is 1. The number of hydrogen-bond acceptors (Lipinski definition) is 5. The van der Waals surface area contributed by atoms with Gasteiger partial charge >= 0.3 is 0 Å². The van der Waals surface area contributed by atoms with Gasteiger partial charge in [-0.3, -0.25) is 0 Å². The third-order valence-electron chi connectivity index (χ3n) is 3.85. The standard InChI is InChI=1S/C14H15N3O2/c15-14(13-16-12(19-17-13)9-5-6-9)8-18-7-10-3-1-2-4-11(10)14/h1-4,9H,5-8,15H2. The predicted molar refractivity (Wildman–Crippen MR) is 67.3 cm³/mol. The molecule has 0 saturated heterocycles. The van der Waals surface area contributed by atoms with Gasteiger partial charge in [-0.15, -0.1) is 0 Å². The molecule has 2 heterocycles. The number of hydrogen-bond donors (Lipinski definition) is 1. The predicted octanol–water partition coefficient (Wildman–Crippen LogP) is 1.68. The molecule has 5 heteroatoms. The molecule has 5 nitrogen and oxygen atoms in total. The number of benzene rings is 1. The molecule has 19 heavy (non-hydrogen) atoms. The monoisotopic (exact) mass is 257 g/mol. The maximum Gasteiger partial charge on any atom is 0.229 e. The molecule has 2 N–H and O–H groups in total. The molecule has 1 saturated carbocycles. The SMILES string of the molecule is NC1(c2noc(C3CC3)n2)COCc2ccccc21. The van der Waals surface area contributed by atoms with Crippen molar-refractivity contribution in [3.8, 4) is 0 Å². The molecule has 1 aromatic carbocycles. The van der Waals surface area contributed by atoms with Gasteiger partial charge in [0.05, 0.1) is 13.2 Å². The third-order valence-corrected chi connectivity index (χ3v) is 3.85. The Morgan fingerprint density at radius 1 is 1.26 bits per heavy atom. The van der Waals surface area contributed by atoms with Gasteiger partial charge in [0.1, 0.15) is 5.54 Å². The second-order valence-electron chi connectivity index (χ2n) is 5.35. The summed E-state index contributed by atoms with van der Waals surface area (Å²) >= 11 is 0. The van der Waals surface area contributed by atoms with Crippen LogP contribution in [0.15, 0.2) is 28.8 Å². The Balaban J connectivity index is 1.80. The van der Waals surface area contributed by atoms with Crippen LogP contribution in [0.1, 0.15) is 41.6 Å². The second kappa shape index (κ2) is 3.88. The van der Waals surface area contributed by atoms with Crippen molar-refractivity contribution < 1.29 is 9.26 Å². The summed E-state index contributed by atoms with van der Waals surface area (Å²) in [5.41, 5.74) is 7.84. The van der Waals surface area contributed by atoms with Gasteiger partial charge in [0.2, 0.25) is 5.89 Å². The quantitative estimate of drug-likeness (QED) is 0.886. The second-order valence-corrected chi connectivity index (χ2v) is 5.35. The van der Waals surface area contributed by atoms with E-state index in [-0.39, 0.29) is 0 Å². The van der Waals surface area contributed by atoms with E-state index in [1.54, 1.807) is 0 Å². The summed E-state index contributed by atoms with van der Waals surface area (Å²) in [6, 6.07) is 8.01. The summed E-state index contributed by atoms with van der Waals surface area (Å²) < 4.78 is 10.9. The fraction of sp³-hybridized carbons (Fsp3) is 0.429. The summed E-state index contributed by atoms with van der Waals surface area (Å²) in [4.78, 5) is 4.48. The van der Waals surface area contributed by atoms with Gasteiger partial charge in [0.15, 0.2) is 5.82 Å². The van der Waals surface area contributed by atoms with Crippen LogP contribution in [0.4, 0.5) is 0 Å². The van der Waals surface area contributed by atoms with Crippen LogP contribution in [-0.2, 0) is 16.9 Å². The molecule has 1 atom stereocenters. The topological polar surface area (TPSA) is 74.2 Å². The normalized spacial score (nSPS) is 26.2. The van der Waals surface area contributed by atoms with Crippen LogP contribution in [0.5, 0.6) is 0 Å². The molecule has 0 bridgehead atoms. The van der Waals surface area contributed by atoms with Gasteiger partial charge in [-0.1, -0.05) is 29.4 Å². The lowest BCUT2D eigenvalue weighted by Gasteiger charge is -2.32. The highest BCUT2D eigenvalue weighted by molar-refractivity contribution is 5.39. The van der Waals surface area contributed by atoms with Crippen LogP contribution in [0.2, 0.25) is 0 Å². The molecular formula is C14H15N3O2. The minimum atomic E-state index is -0.800. The molecule has 2 aliphatic rings. The molecule has 1 unspecified atom stereocenters. The molecular weight excluding hydrogens is 242 g/mol. The molecule has 1 aliphatic carbocycles. The van der Waals surface area contributed by atoms with Gasteiger partial charge in [0.25, 0.3) is 0 Å². The Morgan fingerprint density at radius 3 is 2.95 bits per heavy atom. The molecule has 4 rings (SSSR count). The van der Waals surface area contributed by atoms with Crippen molar-refractivity contribution in [3.63, 3.8) is 0 Å². The number of nitrogens with two attached hydrogens (primary N) is 1. The number of aromatic nitrogens is 2. The first kappa shape index (κ1) is 11.1. The van der Waals surface area contributed by atoms with E-state index in [4.69, 9.17) is 15.0 Å². The number of rotatable bonds is 2. The Labute approximate surface area is 110 Å². The summed E-state index contributed by atoms with van der Waals surface area (Å²) in [7, 11) is 0. The highest BCUT2D eigenvalue weighted by Crippen LogP contribution is 2.40. The molecule has 0 amide bonds. The highest BCUT2D eigenvalue weighted by atomic mass is 16.5. The van der Waals surface area contributed by atoms with Gasteiger partial charge in [-0.2, -0.15) is 4.98 Å². The van der Waals surface area contributed by atoms with Crippen LogP contribution < -0.4 is 5.73 Å². The summed E-state index contributed by atoms with van der Waals surface area (Å²) in [5, 5.41) is 4.08. The average molecular weight is 257 g/mol. The van der Waals surface area contributed by atoms with Crippen LogP contribution in [0.25, 0.3) is 0 Å². The van der Waals surface area contributed by atoms with E-state index in [9.17, 15) is 0 Å². The molecule has 2 aromatic rings. The smallest absolute Gasteiger partial charge is 0.229 e. The maximum absolute atomic E-state index is 6.52. The first-order valence-corrected chi connectivity index (χ1v) is 6.56. The number of nitrogens with zero attached hydrogens (tertiary/aromatic N) is 2. The van der Waals surface area contributed by atoms with Crippen molar-refractivity contribution in [3.05, 3.63) is 47.1 Å². The van der Waals surface area contributed by atoms with E-state index in [1.807, 2.05) is 24.3 Å². The lowest BCUT2D eigenvalue weighted by Crippen LogP contribution is -2.46. The van der Waals surface area contributed by atoms with Gasteiger partial charge in [-0.25, -0.2) is 0 Å². The lowest BCUT2D eigenvalue weighted by atomic mass is 9.85. The van der Waals surface area contributed by atoms with Crippen molar-refractivity contribution in [1.82, 2.24) is 10.1 Å². The van der Waals surface area contributed by atoms with Gasteiger partial charge in [-0.05, 0) is 24.0 Å². The summed E-state index contributed by atoms with van der Waals surface area (Å²) in [6.07, 6.45) is 2.26. The Bertz CT molecular complexity index is 621. The number of fused-ring (bicyclic) bond motifs is 1. The van der Waals surface area contributed by atoms with Crippen LogP contribution in [0.3, 0.4) is 0 Å². The van der Waals surface area contributed by atoms with Crippen molar-refractivity contribution in [2.75, 3.05) is 6.61 Å². The van der Waals surface area contributed by atoms with Crippen LogP contribution in [-0.4, -0.2) is 16.7 Å². The van der Waals surface area contributed by atoms with Crippen molar-refractivity contribution in [2.24, 2.45) is 5.73 Å². The lowest BCUT2D eigenvalue weighted by molar-refractivity contribution is 0.0635. The molecule has 0 radical (unpaired) electrons. The van der Waals surface area contributed by atoms with Crippen molar-refractivity contribution in [1.29, 1.82) is 0 Å². The van der Waals surface area contributed by atoms with E-state index in [0.717, 1.165) is 24.0 Å². The minimum absolute atomic E-state index is 0.383.